The first-order chi connectivity index (χ1) is 12.0. The number of nitrogens with two attached hydrogens (primary N) is 3. The topological polar surface area (TPSA) is 136 Å². The molecule has 0 spiro atoms. The van der Waals surface area contributed by atoms with E-state index in [0.717, 1.165) is 5.69 Å². The molecule has 0 fully saturated rings. The Kier molecular flexibility index (Phi) is 12.3. The number of anilines is 3. The van der Waals surface area contributed by atoms with Gasteiger partial charge in [0.15, 0.2) is 0 Å². The van der Waals surface area contributed by atoms with Crippen LogP contribution in [0.3, 0.4) is 0 Å². The first-order valence-corrected chi connectivity index (χ1v) is 7.98. The van der Waals surface area contributed by atoms with Gasteiger partial charge >= 0.3 is 27.5 Å². The molecule has 0 heterocycles. The predicted molar refractivity (Wildman–Crippen MR) is 95.4 cm³/mol. The minimum atomic E-state index is 0.213. The van der Waals surface area contributed by atoms with Gasteiger partial charge in [0, 0.05) is 23.5 Å². The molecule has 0 radical (unpaired) electrons. The summed E-state index contributed by atoms with van der Waals surface area (Å²) in [5.74, 6) is 0.426. The number of nitrogen functional groups attached to an aromatic ring is 3. The Labute approximate surface area is 162 Å². The second-order valence-corrected chi connectivity index (χ2v) is 4.53. The molecule has 0 saturated carbocycles. The number of aromatic hydroxyl groups is 2. The van der Waals surface area contributed by atoms with Crippen LogP contribution in [0.4, 0.5) is 17.1 Å². The van der Waals surface area contributed by atoms with Gasteiger partial charge in [-0.2, -0.15) is 30.3 Å². The predicted octanol–water partition coefficient (Wildman–Crippen LogP) is 2.90. The summed E-state index contributed by atoms with van der Waals surface area (Å²) in [5, 5.41) is 17.5. The van der Waals surface area contributed by atoms with Gasteiger partial charge < -0.3 is 27.4 Å². The zero-order chi connectivity index (χ0) is 19.1. The molecule has 3 aromatic carbocycles. The second kappa shape index (κ2) is 13.8. The quantitative estimate of drug-likeness (QED) is 0.282. The van der Waals surface area contributed by atoms with Gasteiger partial charge in [-0.15, -0.1) is 0 Å². The van der Waals surface area contributed by atoms with Crippen LogP contribution in [-0.4, -0.2) is 10.2 Å². The summed E-state index contributed by atoms with van der Waals surface area (Å²) >= 11 is 0.300. The van der Waals surface area contributed by atoms with E-state index in [4.69, 9.17) is 30.2 Å². The van der Waals surface area contributed by atoms with Crippen LogP contribution in [0.15, 0.2) is 72.8 Å². The first-order valence-electron chi connectivity index (χ1n) is 6.98. The van der Waals surface area contributed by atoms with E-state index in [0.29, 0.717) is 36.1 Å². The fraction of sp³-hybridized carbons (Fsp3) is 0. The minimum absolute atomic E-state index is 0.213. The maximum absolute atomic E-state index is 8.73. The molecule has 0 saturated heterocycles. The van der Waals surface area contributed by atoms with Gasteiger partial charge in [0.05, 0.1) is 0 Å². The summed E-state index contributed by atoms with van der Waals surface area (Å²) in [6.45, 7) is 0. The van der Waals surface area contributed by atoms with E-state index in [1.54, 1.807) is 42.5 Å². The van der Waals surface area contributed by atoms with Crippen LogP contribution in [0.2, 0.25) is 0 Å². The zero-order valence-corrected chi connectivity index (χ0v) is 15.9. The van der Waals surface area contributed by atoms with Gasteiger partial charge in [0.1, 0.15) is 11.5 Å². The average Bonchev–Trinajstić information content (AvgIpc) is 2.58. The molecule has 0 bridgehead atoms. The Morgan fingerprint density at radius 2 is 1.16 bits per heavy atom. The van der Waals surface area contributed by atoms with Crippen molar-refractivity contribution in [3.05, 3.63) is 78.9 Å². The van der Waals surface area contributed by atoms with Crippen molar-refractivity contribution in [3.8, 4) is 11.5 Å². The monoisotopic (exact) mass is 416 g/mol. The Balaban J connectivity index is 0.000000330. The number of rotatable bonds is 0. The number of phenols is 2. The Hall–Kier alpha value is -2.66. The van der Waals surface area contributed by atoms with E-state index >= 15 is 0 Å². The van der Waals surface area contributed by atoms with Crippen LogP contribution in [0.5, 0.6) is 11.5 Å². The molecule has 3 rings (SSSR count). The molecule has 0 aliphatic carbocycles. The van der Waals surface area contributed by atoms with Gasteiger partial charge in [-0.05, 0) is 24.3 Å². The second-order valence-electron chi connectivity index (χ2n) is 4.53. The van der Waals surface area contributed by atoms with Crippen molar-refractivity contribution in [3.63, 3.8) is 0 Å². The molecule has 7 heteroatoms. The third kappa shape index (κ3) is 12.4. The van der Waals surface area contributed by atoms with Crippen molar-refractivity contribution in [2.75, 3.05) is 17.2 Å². The summed E-state index contributed by atoms with van der Waals surface area (Å²) in [5.41, 5.74) is 17.9. The molecular formula is C18H20N3O3Zr-. The molecule has 0 aromatic heterocycles. The number of phenolic OH excluding ortho intramolecular Hbond substituents is 2. The standard InChI is InChI=1S/2C6H7NO.C6H6N.O.Zr/c2*7-5-2-1-3-6(8)4-5;7-6-4-2-1-3-5-6;;/h2*1-4,8H,7H2;1-2,4-5H,7H2;;/q;;-1;;. The molecule has 130 valence electrons. The van der Waals surface area contributed by atoms with E-state index in [1.165, 1.54) is 12.1 Å². The van der Waals surface area contributed by atoms with Crippen LogP contribution in [0.25, 0.3) is 0 Å². The fourth-order valence-corrected chi connectivity index (χ4v) is 1.46. The molecule has 0 unspecified atom stereocenters. The number of hydrogen-bond acceptors (Lipinski definition) is 6. The van der Waals surface area contributed by atoms with E-state index in [-0.39, 0.29) is 11.5 Å². The SMILES string of the molecule is Nc1c[c-]ccc1.Nc1cccc(O)c1.Nc1cccc(O)c1.[O]=[Zr]. The van der Waals surface area contributed by atoms with Gasteiger partial charge in [-0.25, -0.2) is 0 Å². The first kappa shape index (κ1) is 22.3. The van der Waals surface area contributed by atoms with Gasteiger partial charge in [0.2, 0.25) is 0 Å². The van der Waals surface area contributed by atoms with E-state index in [1.807, 2.05) is 18.2 Å². The molecule has 25 heavy (non-hydrogen) atoms. The Bertz CT molecular complexity index is 650. The molecule has 0 aliphatic rings. The molecule has 0 amide bonds. The summed E-state index contributed by atoms with van der Waals surface area (Å²) in [6, 6.07) is 23.1. The van der Waals surface area contributed by atoms with Crippen molar-refractivity contribution in [1.82, 2.24) is 0 Å². The average molecular weight is 418 g/mol. The molecule has 0 atom stereocenters. The van der Waals surface area contributed by atoms with Crippen molar-refractivity contribution in [2.45, 2.75) is 0 Å². The molecule has 3 aromatic rings. The summed E-state index contributed by atoms with van der Waals surface area (Å²) in [4.78, 5) is 0. The van der Waals surface area contributed by atoms with Gasteiger partial charge in [0.25, 0.3) is 0 Å². The van der Waals surface area contributed by atoms with Crippen LogP contribution >= 0.6 is 0 Å². The van der Waals surface area contributed by atoms with Crippen molar-refractivity contribution >= 4 is 17.1 Å². The Morgan fingerprint density at radius 1 is 0.720 bits per heavy atom. The number of hydrogen-bond donors (Lipinski definition) is 5. The van der Waals surface area contributed by atoms with Gasteiger partial charge in [-0.3, -0.25) is 0 Å². The van der Waals surface area contributed by atoms with Crippen LogP contribution in [0.1, 0.15) is 0 Å². The zero-order valence-electron chi connectivity index (χ0n) is 13.5. The number of benzene rings is 3. The van der Waals surface area contributed by atoms with Crippen LogP contribution in [-0.2, 0) is 27.5 Å². The third-order valence-corrected chi connectivity index (χ3v) is 2.47. The van der Waals surface area contributed by atoms with Gasteiger partial charge in [-0.1, -0.05) is 17.8 Å². The molecule has 6 nitrogen and oxygen atoms in total. The molecular weight excluding hydrogens is 397 g/mol. The third-order valence-electron chi connectivity index (χ3n) is 2.47. The summed E-state index contributed by atoms with van der Waals surface area (Å²) < 4.78 is 8.34. The molecule has 8 N–H and O–H groups in total. The summed E-state index contributed by atoms with van der Waals surface area (Å²) in [6.07, 6.45) is 0. The van der Waals surface area contributed by atoms with Crippen LogP contribution < -0.4 is 17.2 Å². The fourth-order valence-electron chi connectivity index (χ4n) is 1.46. The normalized spacial score (nSPS) is 8.28. The van der Waals surface area contributed by atoms with Crippen LogP contribution in [0, 0.1) is 6.07 Å². The van der Waals surface area contributed by atoms with Crippen molar-refractivity contribution < 1.29 is 37.7 Å². The molecule has 0 aliphatic heterocycles. The van der Waals surface area contributed by atoms with E-state index in [2.05, 4.69) is 6.07 Å². The van der Waals surface area contributed by atoms with E-state index < -0.39 is 0 Å². The summed E-state index contributed by atoms with van der Waals surface area (Å²) in [7, 11) is 0. The van der Waals surface area contributed by atoms with Crippen molar-refractivity contribution in [2.24, 2.45) is 0 Å². The van der Waals surface area contributed by atoms with E-state index in [9.17, 15) is 0 Å². The maximum atomic E-state index is 8.73. The Morgan fingerprint density at radius 3 is 1.36 bits per heavy atom. The van der Waals surface area contributed by atoms with Crippen molar-refractivity contribution in [1.29, 1.82) is 0 Å².